The molecule has 2 fully saturated rings. The molecule has 24 heavy (non-hydrogen) atoms. The van der Waals surface area contributed by atoms with Crippen LogP contribution in [0.3, 0.4) is 0 Å². The Kier molecular flexibility index (Phi) is 3.85. The molecule has 126 valence electrons. The first-order chi connectivity index (χ1) is 11.5. The minimum atomic E-state index is -4.31. The van der Waals surface area contributed by atoms with E-state index < -0.39 is 11.7 Å². The lowest BCUT2D eigenvalue weighted by molar-refractivity contribution is -0.137. The molecular formula is C19H19F3N2. The number of hydrogen-bond acceptors (Lipinski definition) is 2. The van der Waals surface area contributed by atoms with E-state index in [4.69, 9.17) is 0 Å². The summed E-state index contributed by atoms with van der Waals surface area (Å²) in [5.74, 6) is 0.529. The molecule has 5 heteroatoms. The quantitative estimate of drug-likeness (QED) is 0.890. The van der Waals surface area contributed by atoms with Crippen molar-refractivity contribution in [2.24, 2.45) is 0 Å². The molecule has 2 aliphatic rings. The number of hydrogen-bond donors (Lipinski definition) is 2. The predicted octanol–water partition coefficient (Wildman–Crippen LogP) is 3.79. The van der Waals surface area contributed by atoms with Crippen LogP contribution in [0.1, 0.15) is 23.5 Å². The van der Waals surface area contributed by atoms with Gasteiger partial charge in [0, 0.05) is 31.1 Å². The van der Waals surface area contributed by atoms with Crippen molar-refractivity contribution in [3.63, 3.8) is 0 Å². The van der Waals surface area contributed by atoms with Crippen molar-refractivity contribution in [3.8, 4) is 11.1 Å². The van der Waals surface area contributed by atoms with Gasteiger partial charge in [-0.3, -0.25) is 0 Å². The van der Waals surface area contributed by atoms with Gasteiger partial charge < -0.3 is 10.6 Å². The first-order valence-electron chi connectivity index (χ1n) is 8.25. The Morgan fingerprint density at radius 2 is 1.71 bits per heavy atom. The number of nitrogens with one attached hydrogen (secondary N) is 2. The van der Waals surface area contributed by atoms with Crippen LogP contribution in [-0.2, 0) is 6.18 Å². The van der Waals surface area contributed by atoms with Crippen molar-refractivity contribution in [1.29, 1.82) is 0 Å². The Balaban J connectivity index is 1.46. The van der Waals surface area contributed by atoms with Crippen LogP contribution in [-0.4, -0.2) is 25.2 Å². The van der Waals surface area contributed by atoms with Crippen LogP contribution in [0.4, 0.5) is 13.2 Å². The van der Waals surface area contributed by atoms with Crippen molar-refractivity contribution < 1.29 is 13.2 Å². The van der Waals surface area contributed by atoms with Gasteiger partial charge in [-0.05, 0) is 35.2 Å². The summed E-state index contributed by atoms with van der Waals surface area (Å²) in [6.45, 7) is 2.08. The Morgan fingerprint density at radius 1 is 0.958 bits per heavy atom. The fraction of sp³-hybridized carbons (Fsp3) is 0.368. The van der Waals surface area contributed by atoms with Crippen LogP contribution in [0.5, 0.6) is 0 Å². The monoisotopic (exact) mass is 332 g/mol. The summed E-state index contributed by atoms with van der Waals surface area (Å²) in [6, 6.07) is 14.5. The molecule has 0 amide bonds. The minimum Gasteiger partial charge on any atom is -0.314 e. The lowest BCUT2D eigenvalue weighted by atomic mass is 10.0. The third kappa shape index (κ3) is 3.19. The highest BCUT2D eigenvalue weighted by molar-refractivity contribution is 5.65. The molecule has 1 aliphatic carbocycles. The molecule has 1 saturated carbocycles. The molecular weight excluding hydrogens is 313 g/mol. The zero-order valence-electron chi connectivity index (χ0n) is 13.1. The number of benzene rings is 2. The van der Waals surface area contributed by atoms with Crippen LogP contribution in [0.25, 0.3) is 11.1 Å². The van der Waals surface area contributed by atoms with E-state index in [9.17, 15) is 13.2 Å². The molecule has 2 aromatic carbocycles. The maximum Gasteiger partial charge on any atom is 0.416 e. The average Bonchev–Trinajstić information content (AvgIpc) is 3.30. The lowest BCUT2D eigenvalue weighted by Gasteiger charge is -2.28. The van der Waals surface area contributed by atoms with Crippen LogP contribution in [0.15, 0.2) is 48.5 Å². The Bertz CT molecular complexity index is 720. The lowest BCUT2D eigenvalue weighted by Crippen LogP contribution is -2.56. The molecule has 0 bridgehead atoms. The van der Waals surface area contributed by atoms with Crippen molar-refractivity contribution >= 4 is 0 Å². The maximum atomic E-state index is 12.8. The van der Waals surface area contributed by atoms with Gasteiger partial charge in [-0.15, -0.1) is 0 Å². The number of rotatable bonds is 4. The summed E-state index contributed by atoms with van der Waals surface area (Å²) in [4.78, 5) is 0. The SMILES string of the molecule is FC(F)(F)c1cccc(-c2ccc(C3CC3NC3CNC3)cc2)c1. The highest BCUT2D eigenvalue weighted by Gasteiger charge is 2.40. The van der Waals surface area contributed by atoms with Gasteiger partial charge in [0.15, 0.2) is 0 Å². The van der Waals surface area contributed by atoms with Gasteiger partial charge in [0.25, 0.3) is 0 Å². The second-order valence-electron chi connectivity index (χ2n) is 6.67. The van der Waals surface area contributed by atoms with Gasteiger partial charge >= 0.3 is 6.18 Å². The van der Waals surface area contributed by atoms with E-state index in [2.05, 4.69) is 10.6 Å². The van der Waals surface area contributed by atoms with Gasteiger partial charge in [-0.25, -0.2) is 0 Å². The molecule has 1 aliphatic heterocycles. The fourth-order valence-corrected chi connectivity index (χ4v) is 3.25. The molecule has 2 aromatic rings. The first-order valence-corrected chi connectivity index (χ1v) is 8.25. The molecule has 1 heterocycles. The van der Waals surface area contributed by atoms with E-state index in [1.54, 1.807) is 6.07 Å². The smallest absolute Gasteiger partial charge is 0.314 e. The van der Waals surface area contributed by atoms with E-state index in [0.29, 0.717) is 23.6 Å². The number of halogens is 3. The summed E-state index contributed by atoms with van der Waals surface area (Å²) in [5.41, 5.74) is 2.07. The molecule has 1 saturated heterocycles. The minimum absolute atomic E-state index is 0.529. The molecule has 2 N–H and O–H groups in total. The van der Waals surface area contributed by atoms with Crippen molar-refractivity contribution in [1.82, 2.24) is 10.6 Å². The van der Waals surface area contributed by atoms with Gasteiger partial charge in [0.1, 0.15) is 0 Å². The van der Waals surface area contributed by atoms with Gasteiger partial charge in [0.2, 0.25) is 0 Å². The molecule has 0 spiro atoms. The van der Waals surface area contributed by atoms with Crippen molar-refractivity contribution in [2.45, 2.75) is 30.6 Å². The van der Waals surface area contributed by atoms with Crippen LogP contribution < -0.4 is 10.6 Å². The molecule has 0 aromatic heterocycles. The van der Waals surface area contributed by atoms with E-state index in [1.165, 1.54) is 17.7 Å². The highest BCUT2D eigenvalue weighted by Crippen LogP contribution is 2.42. The van der Waals surface area contributed by atoms with E-state index in [0.717, 1.165) is 31.1 Å². The van der Waals surface area contributed by atoms with E-state index >= 15 is 0 Å². The third-order valence-electron chi connectivity index (χ3n) is 4.88. The van der Waals surface area contributed by atoms with Crippen molar-refractivity contribution in [2.75, 3.05) is 13.1 Å². The highest BCUT2D eigenvalue weighted by atomic mass is 19.4. The zero-order valence-corrected chi connectivity index (χ0v) is 13.1. The number of alkyl halides is 3. The topological polar surface area (TPSA) is 24.1 Å². The molecule has 4 rings (SSSR count). The Hall–Kier alpha value is -1.85. The summed E-state index contributed by atoms with van der Waals surface area (Å²) in [5, 5.41) is 6.87. The van der Waals surface area contributed by atoms with Crippen LogP contribution >= 0.6 is 0 Å². The zero-order chi connectivity index (χ0) is 16.7. The fourth-order valence-electron chi connectivity index (χ4n) is 3.25. The van der Waals surface area contributed by atoms with E-state index in [-0.39, 0.29) is 0 Å². The van der Waals surface area contributed by atoms with Crippen LogP contribution in [0, 0.1) is 0 Å². The van der Waals surface area contributed by atoms with Gasteiger partial charge in [0.05, 0.1) is 5.56 Å². The van der Waals surface area contributed by atoms with Gasteiger partial charge in [-0.1, -0.05) is 36.4 Å². The Morgan fingerprint density at radius 3 is 2.33 bits per heavy atom. The molecule has 2 nitrogen and oxygen atoms in total. The first kappa shape index (κ1) is 15.7. The summed E-state index contributed by atoms with van der Waals surface area (Å²) in [7, 11) is 0. The van der Waals surface area contributed by atoms with E-state index in [1.807, 2.05) is 24.3 Å². The van der Waals surface area contributed by atoms with Gasteiger partial charge in [-0.2, -0.15) is 13.2 Å². The normalized spacial score (nSPS) is 23.8. The second kappa shape index (κ2) is 5.90. The molecule has 0 radical (unpaired) electrons. The Labute approximate surface area is 139 Å². The second-order valence-corrected chi connectivity index (χ2v) is 6.67. The summed E-state index contributed by atoms with van der Waals surface area (Å²) < 4.78 is 38.5. The largest absolute Gasteiger partial charge is 0.416 e. The standard InChI is InChI=1S/C19H19F3N2/c20-19(21,22)15-3-1-2-14(8-15)12-4-6-13(7-5-12)17-9-18(17)24-16-10-23-11-16/h1-8,16-18,23-24H,9-11H2. The molecule has 2 unspecified atom stereocenters. The average molecular weight is 332 g/mol. The molecule has 2 atom stereocenters. The summed E-state index contributed by atoms with van der Waals surface area (Å²) >= 11 is 0. The van der Waals surface area contributed by atoms with Crippen LogP contribution in [0.2, 0.25) is 0 Å². The third-order valence-corrected chi connectivity index (χ3v) is 4.88. The predicted molar refractivity (Wildman–Crippen MR) is 87.8 cm³/mol. The summed E-state index contributed by atoms with van der Waals surface area (Å²) in [6.07, 6.45) is -3.17. The van der Waals surface area contributed by atoms with Crippen molar-refractivity contribution in [3.05, 3.63) is 59.7 Å². The maximum absolute atomic E-state index is 12.8.